The standard InChI is InChI=1S/C29H23NO2/c1-22(29(31)32)30(20-8-16-25-14-6-12-23-10-2-4-18-27(23)25)21-9-17-26-15-7-13-24-11-3-5-19-28(24)26/h2-7,10-15,18-19,22H,20-21H2,1H3,(H,31,32). The van der Waals surface area contributed by atoms with E-state index in [-0.39, 0.29) is 0 Å². The molecule has 4 aromatic carbocycles. The number of hydrogen-bond donors (Lipinski definition) is 1. The first-order valence-electron chi connectivity index (χ1n) is 10.5. The Morgan fingerprint density at radius 2 is 1.19 bits per heavy atom. The van der Waals surface area contributed by atoms with Crippen molar-refractivity contribution in [3.05, 3.63) is 96.1 Å². The average molecular weight is 418 g/mol. The predicted molar refractivity (Wildman–Crippen MR) is 130 cm³/mol. The summed E-state index contributed by atoms with van der Waals surface area (Å²) in [5.74, 6) is 11.8. The van der Waals surface area contributed by atoms with Gasteiger partial charge in [0.1, 0.15) is 6.04 Å². The number of nitrogens with zero attached hydrogens (tertiary/aromatic N) is 1. The first-order valence-corrected chi connectivity index (χ1v) is 10.5. The topological polar surface area (TPSA) is 40.5 Å². The summed E-state index contributed by atoms with van der Waals surface area (Å²) in [5, 5.41) is 14.0. The van der Waals surface area contributed by atoms with E-state index in [9.17, 15) is 9.90 Å². The Balaban J connectivity index is 1.55. The average Bonchev–Trinajstić information content (AvgIpc) is 2.83. The highest BCUT2D eigenvalue weighted by Gasteiger charge is 2.18. The summed E-state index contributed by atoms with van der Waals surface area (Å²) in [7, 11) is 0. The van der Waals surface area contributed by atoms with Gasteiger partial charge >= 0.3 is 5.97 Å². The second kappa shape index (κ2) is 9.84. The van der Waals surface area contributed by atoms with Crippen molar-refractivity contribution in [2.75, 3.05) is 13.1 Å². The van der Waals surface area contributed by atoms with Gasteiger partial charge in [-0.2, -0.15) is 0 Å². The molecule has 0 radical (unpaired) electrons. The van der Waals surface area contributed by atoms with Gasteiger partial charge in [-0.25, -0.2) is 0 Å². The van der Waals surface area contributed by atoms with E-state index in [0.717, 1.165) is 32.7 Å². The molecule has 0 saturated heterocycles. The molecule has 0 heterocycles. The molecule has 3 heteroatoms. The highest BCUT2D eigenvalue weighted by atomic mass is 16.4. The molecule has 156 valence electrons. The Hall–Kier alpha value is -4.05. The molecule has 0 aromatic heterocycles. The van der Waals surface area contributed by atoms with Gasteiger partial charge in [0, 0.05) is 11.1 Å². The van der Waals surface area contributed by atoms with Gasteiger partial charge < -0.3 is 5.11 Å². The van der Waals surface area contributed by atoms with Crippen LogP contribution in [0.1, 0.15) is 18.1 Å². The fourth-order valence-corrected chi connectivity index (χ4v) is 3.63. The molecule has 0 bridgehead atoms. The number of fused-ring (bicyclic) bond motifs is 2. The van der Waals surface area contributed by atoms with Crippen LogP contribution >= 0.6 is 0 Å². The van der Waals surface area contributed by atoms with Gasteiger partial charge in [-0.1, -0.05) is 96.5 Å². The molecule has 1 atom stereocenters. The zero-order valence-electron chi connectivity index (χ0n) is 17.9. The fraction of sp³-hybridized carbons (Fsp3) is 0.138. The maximum absolute atomic E-state index is 11.6. The monoisotopic (exact) mass is 417 g/mol. The summed E-state index contributed by atoms with van der Waals surface area (Å²) in [5.41, 5.74) is 1.88. The summed E-state index contributed by atoms with van der Waals surface area (Å²) in [6, 6.07) is 27.6. The van der Waals surface area contributed by atoms with Gasteiger partial charge in [0.25, 0.3) is 0 Å². The van der Waals surface area contributed by atoms with Crippen molar-refractivity contribution < 1.29 is 9.90 Å². The molecule has 4 aromatic rings. The number of benzene rings is 4. The molecular formula is C29H23NO2. The van der Waals surface area contributed by atoms with Crippen LogP contribution in [-0.2, 0) is 4.79 Å². The van der Waals surface area contributed by atoms with E-state index in [1.807, 2.05) is 60.7 Å². The number of carboxylic acid groups (broad SMARTS) is 1. The van der Waals surface area contributed by atoms with Gasteiger partial charge in [0.05, 0.1) is 13.1 Å². The molecular weight excluding hydrogens is 394 g/mol. The molecule has 4 rings (SSSR count). The maximum Gasteiger partial charge on any atom is 0.320 e. The van der Waals surface area contributed by atoms with Crippen LogP contribution < -0.4 is 0 Å². The maximum atomic E-state index is 11.6. The minimum absolute atomic E-state index is 0.320. The summed E-state index contributed by atoms with van der Waals surface area (Å²) in [6.45, 7) is 2.31. The molecule has 0 saturated carbocycles. The van der Waals surface area contributed by atoms with Gasteiger partial charge in [0.15, 0.2) is 0 Å². The van der Waals surface area contributed by atoms with Crippen molar-refractivity contribution in [3.8, 4) is 23.7 Å². The van der Waals surface area contributed by atoms with Gasteiger partial charge in [0.2, 0.25) is 0 Å². The summed E-state index contributed by atoms with van der Waals surface area (Å²) in [6.07, 6.45) is 0. The smallest absolute Gasteiger partial charge is 0.320 e. The van der Waals surface area contributed by atoms with Crippen LogP contribution in [0.5, 0.6) is 0 Å². The summed E-state index contributed by atoms with van der Waals surface area (Å²) >= 11 is 0. The van der Waals surface area contributed by atoms with E-state index in [2.05, 4.69) is 47.9 Å². The van der Waals surface area contributed by atoms with Crippen LogP contribution in [0.2, 0.25) is 0 Å². The molecule has 0 aliphatic heterocycles. The number of rotatable bonds is 4. The summed E-state index contributed by atoms with van der Waals surface area (Å²) in [4.78, 5) is 13.4. The van der Waals surface area contributed by atoms with E-state index >= 15 is 0 Å². The highest BCUT2D eigenvalue weighted by molar-refractivity contribution is 5.88. The van der Waals surface area contributed by atoms with Crippen LogP contribution in [-0.4, -0.2) is 35.1 Å². The predicted octanol–water partition coefficient (Wildman–Crippen LogP) is 5.17. The summed E-state index contributed by atoms with van der Waals surface area (Å²) < 4.78 is 0. The molecule has 1 unspecified atom stereocenters. The van der Waals surface area contributed by atoms with Crippen LogP contribution in [0.25, 0.3) is 21.5 Å². The fourth-order valence-electron chi connectivity index (χ4n) is 3.63. The van der Waals surface area contributed by atoms with Crippen LogP contribution in [0.4, 0.5) is 0 Å². The molecule has 0 aliphatic rings. The molecule has 0 aliphatic carbocycles. The Morgan fingerprint density at radius 3 is 1.66 bits per heavy atom. The highest BCUT2D eigenvalue weighted by Crippen LogP contribution is 2.18. The van der Waals surface area contributed by atoms with Crippen molar-refractivity contribution in [3.63, 3.8) is 0 Å². The quantitative estimate of drug-likeness (QED) is 0.466. The minimum atomic E-state index is -0.885. The number of carbonyl (C=O) groups is 1. The SMILES string of the molecule is CC(C(=O)O)N(CC#Cc1cccc2ccccc12)CC#Cc1cccc2ccccc12. The van der Waals surface area contributed by atoms with Crippen molar-refractivity contribution >= 4 is 27.5 Å². The zero-order valence-corrected chi connectivity index (χ0v) is 17.9. The van der Waals surface area contributed by atoms with Crippen LogP contribution in [0, 0.1) is 23.7 Å². The third-order valence-corrected chi connectivity index (χ3v) is 5.49. The lowest BCUT2D eigenvalue weighted by Crippen LogP contribution is -2.39. The number of aliphatic carboxylic acids is 1. The van der Waals surface area contributed by atoms with E-state index in [1.54, 1.807) is 11.8 Å². The van der Waals surface area contributed by atoms with Gasteiger partial charge in [-0.05, 0) is 40.6 Å². The van der Waals surface area contributed by atoms with E-state index in [1.165, 1.54) is 0 Å². The van der Waals surface area contributed by atoms with Crippen molar-refractivity contribution in [2.24, 2.45) is 0 Å². The molecule has 3 nitrogen and oxygen atoms in total. The van der Waals surface area contributed by atoms with Crippen molar-refractivity contribution in [1.29, 1.82) is 0 Å². The largest absolute Gasteiger partial charge is 0.480 e. The second-order valence-corrected chi connectivity index (χ2v) is 7.58. The van der Waals surface area contributed by atoms with Crippen LogP contribution in [0.3, 0.4) is 0 Å². The van der Waals surface area contributed by atoms with Crippen molar-refractivity contribution in [2.45, 2.75) is 13.0 Å². The molecule has 1 N–H and O–H groups in total. The Kier molecular flexibility index (Phi) is 6.52. The van der Waals surface area contributed by atoms with E-state index < -0.39 is 12.0 Å². The van der Waals surface area contributed by atoms with E-state index in [0.29, 0.717) is 13.1 Å². The first kappa shape index (κ1) is 21.2. The second-order valence-electron chi connectivity index (χ2n) is 7.58. The first-order chi connectivity index (χ1) is 15.6. The van der Waals surface area contributed by atoms with Crippen LogP contribution in [0.15, 0.2) is 84.9 Å². The Labute approximate surface area is 188 Å². The van der Waals surface area contributed by atoms with Gasteiger partial charge in [-0.15, -0.1) is 0 Å². The normalized spacial score (nSPS) is 11.4. The van der Waals surface area contributed by atoms with Crippen molar-refractivity contribution in [1.82, 2.24) is 4.90 Å². The molecule has 0 fully saturated rings. The molecule has 32 heavy (non-hydrogen) atoms. The lowest BCUT2D eigenvalue weighted by molar-refractivity contribution is -0.142. The molecule has 0 amide bonds. The zero-order chi connectivity index (χ0) is 22.3. The Bertz CT molecular complexity index is 1290. The molecule has 0 spiro atoms. The third kappa shape index (κ3) is 4.81. The number of carboxylic acids is 1. The van der Waals surface area contributed by atoms with E-state index in [4.69, 9.17) is 0 Å². The lowest BCUT2D eigenvalue weighted by Gasteiger charge is -2.21. The third-order valence-electron chi connectivity index (χ3n) is 5.49. The Morgan fingerprint density at radius 1 is 0.750 bits per heavy atom. The lowest BCUT2D eigenvalue weighted by atomic mass is 10.0. The minimum Gasteiger partial charge on any atom is -0.480 e. The number of hydrogen-bond acceptors (Lipinski definition) is 2. The van der Waals surface area contributed by atoms with Gasteiger partial charge in [-0.3, -0.25) is 9.69 Å².